The van der Waals surface area contributed by atoms with Crippen LogP contribution in [0.4, 0.5) is 0 Å². The smallest absolute Gasteiger partial charge is 0.295 e. The van der Waals surface area contributed by atoms with Crippen molar-refractivity contribution in [1.82, 2.24) is 4.90 Å². The molecule has 0 bridgehead atoms. The zero-order valence-corrected chi connectivity index (χ0v) is 16.1. The van der Waals surface area contributed by atoms with Gasteiger partial charge in [-0.3, -0.25) is 9.59 Å². The molecule has 2 aromatic rings. The third-order valence-corrected chi connectivity index (χ3v) is 4.81. The summed E-state index contributed by atoms with van der Waals surface area (Å²) in [6, 6.07) is 13.6. The molecule has 28 heavy (non-hydrogen) atoms. The average Bonchev–Trinajstić information content (AvgIpc) is 2.97. The van der Waals surface area contributed by atoms with Gasteiger partial charge < -0.3 is 19.5 Å². The maximum atomic E-state index is 12.8. The molecule has 1 aliphatic heterocycles. The summed E-state index contributed by atoms with van der Waals surface area (Å²) in [4.78, 5) is 26.9. The Morgan fingerprint density at radius 2 is 1.82 bits per heavy atom. The summed E-state index contributed by atoms with van der Waals surface area (Å²) in [5.41, 5.74) is 2.27. The summed E-state index contributed by atoms with van der Waals surface area (Å²) in [6.45, 7) is 2.44. The standard InChI is InChI=1S/C22H23NO5/c1-14-7-9-15(10-8-14)20(24)18-19(16-5-4-6-17(13-16)28-3)23(11-12-27-2)22(26)21(18)25/h4-10,13,19,24H,11-12H2,1-3H3/t19-/m0/s1. The number of aliphatic hydroxyl groups excluding tert-OH is 1. The van der Waals surface area contributed by atoms with Crippen molar-refractivity contribution >= 4 is 17.4 Å². The van der Waals surface area contributed by atoms with Gasteiger partial charge in [0.1, 0.15) is 11.5 Å². The second kappa shape index (κ2) is 8.27. The Kier molecular flexibility index (Phi) is 5.80. The van der Waals surface area contributed by atoms with E-state index in [4.69, 9.17) is 9.47 Å². The Morgan fingerprint density at radius 3 is 2.46 bits per heavy atom. The van der Waals surface area contributed by atoms with E-state index in [1.54, 1.807) is 43.5 Å². The predicted octanol–water partition coefficient (Wildman–Crippen LogP) is 3.07. The van der Waals surface area contributed by atoms with Crippen molar-refractivity contribution in [3.63, 3.8) is 0 Å². The van der Waals surface area contributed by atoms with Crippen LogP contribution < -0.4 is 4.74 Å². The highest BCUT2D eigenvalue weighted by molar-refractivity contribution is 6.46. The van der Waals surface area contributed by atoms with Gasteiger partial charge in [-0.25, -0.2) is 0 Å². The minimum absolute atomic E-state index is 0.0678. The molecule has 6 nitrogen and oxygen atoms in total. The molecule has 1 atom stereocenters. The maximum absolute atomic E-state index is 12.8. The van der Waals surface area contributed by atoms with E-state index >= 15 is 0 Å². The van der Waals surface area contributed by atoms with Crippen LogP contribution in [0.15, 0.2) is 54.1 Å². The Bertz CT molecular complexity index is 917. The Morgan fingerprint density at radius 1 is 1.11 bits per heavy atom. The first kappa shape index (κ1) is 19.6. The van der Waals surface area contributed by atoms with Crippen LogP contribution in [0.2, 0.25) is 0 Å². The number of ketones is 1. The van der Waals surface area contributed by atoms with E-state index in [0.717, 1.165) is 5.56 Å². The van der Waals surface area contributed by atoms with Crippen LogP contribution in [0, 0.1) is 6.92 Å². The highest BCUT2D eigenvalue weighted by atomic mass is 16.5. The number of hydrogen-bond acceptors (Lipinski definition) is 5. The highest BCUT2D eigenvalue weighted by Gasteiger charge is 2.45. The molecule has 0 spiro atoms. The van der Waals surface area contributed by atoms with Gasteiger partial charge in [-0.15, -0.1) is 0 Å². The van der Waals surface area contributed by atoms with Gasteiger partial charge in [0.25, 0.3) is 11.7 Å². The number of nitrogens with zero attached hydrogens (tertiary/aromatic N) is 1. The maximum Gasteiger partial charge on any atom is 0.295 e. The van der Waals surface area contributed by atoms with E-state index in [-0.39, 0.29) is 24.5 Å². The Labute approximate surface area is 164 Å². The molecule has 0 saturated carbocycles. The van der Waals surface area contributed by atoms with Gasteiger partial charge in [0.05, 0.1) is 25.3 Å². The third kappa shape index (κ3) is 3.64. The number of ether oxygens (including phenoxy) is 2. The third-order valence-electron chi connectivity index (χ3n) is 4.81. The fourth-order valence-corrected chi connectivity index (χ4v) is 3.33. The largest absolute Gasteiger partial charge is 0.507 e. The summed E-state index contributed by atoms with van der Waals surface area (Å²) in [7, 11) is 3.08. The number of benzene rings is 2. The molecule has 1 aliphatic rings. The van der Waals surface area contributed by atoms with Gasteiger partial charge in [0.15, 0.2) is 0 Å². The van der Waals surface area contributed by atoms with Crippen LogP contribution in [-0.4, -0.2) is 49.1 Å². The summed E-state index contributed by atoms with van der Waals surface area (Å²) < 4.78 is 10.4. The van der Waals surface area contributed by atoms with Crippen molar-refractivity contribution in [3.05, 3.63) is 70.8 Å². The van der Waals surface area contributed by atoms with Crippen molar-refractivity contribution in [2.45, 2.75) is 13.0 Å². The number of hydrogen-bond donors (Lipinski definition) is 1. The number of likely N-dealkylation sites (tertiary alicyclic amines) is 1. The minimum atomic E-state index is -0.716. The predicted molar refractivity (Wildman–Crippen MR) is 105 cm³/mol. The molecule has 0 aliphatic carbocycles. The molecular weight excluding hydrogens is 358 g/mol. The van der Waals surface area contributed by atoms with Gasteiger partial charge in [-0.1, -0.05) is 42.0 Å². The van der Waals surface area contributed by atoms with Crippen molar-refractivity contribution in [1.29, 1.82) is 0 Å². The summed E-state index contributed by atoms with van der Waals surface area (Å²) >= 11 is 0. The van der Waals surface area contributed by atoms with Gasteiger partial charge in [-0.2, -0.15) is 0 Å². The minimum Gasteiger partial charge on any atom is -0.507 e. The Balaban J connectivity index is 2.16. The number of rotatable bonds is 6. The number of aliphatic hydroxyl groups is 1. The number of carbonyl (C=O) groups is 2. The van der Waals surface area contributed by atoms with Crippen LogP contribution in [0.25, 0.3) is 5.76 Å². The lowest BCUT2D eigenvalue weighted by Crippen LogP contribution is -2.32. The first-order valence-corrected chi connectivity index (χ1v) is 8.96. The molecule has 1 heterocycles. The van der Waals surface area contributed by atoms with Crippen molar-refractivity contribution in [3.8, 4) is 5.75 Å². The molecule has 1 amide bonds. The normalized spacial score (nSPS) is 18.5. The second-order valence-electron chi connectivity index (χ2n) is 6.63. The molecule has 2 aromatic carbocycles. The van der Waals surface area contributed by atoms with Gasteiger partial charge in [0.2, 0.25) is 0 Å². The zero-order valence-electron chi connectivity index (χ0n) is 16.1. The number of aryl methyl sites for hydroxylation is 1. The van der Waals surface area contributed by atoms with Crippen molar-refractivity contribution in [2.75, 3.05) is 27.4 Å². The van der Waals surface area contributed by atoms with Crippen molar-refractivity contribution < 1.29 is 24.2 Å². The quantitative estimate of drug-likeness (QED) is 0.473. The number of methoxy groups -OCH3 is 2. The number of carbonyl (C=O) groups excluding carboxylic acids is 2. The number of Topliss-reactive ketones (excluding diaryl/α,β-unsaturated/α-hetero) is 1. The summed E-state index contributed by atoms with van der Waals surface area (Å²) in [5, 5.41) is 10.9. The molecule has 0 radical (unpaired) electrons. The zero-order chi connectivity index (χ0) is 20.3. The molecule has 1 fully saturated rings. The average molecular weight is 381 g/mol. The molecular formula is C22H23NO5. The van der Waals surface area contributed by atoms with E-state index in [9.17, 15) is 14.7 Å². The molecule has 6 heteroatoms. The fraction of sp³-hybridized carbons (Fsp3) is 0.273. The Hall–Kier alpha value is -3.12. The summed E-state index contributed by atoms with van der Waals surface area (Å²) in [5.74, 6) is -0.947. The first-order chi connectivity index (χ1) is 13.5. The lowest BCUT2D eigenvalue weighted by Gasteiger charge is -2.25. The molecule has 0 unspecified atom stereocenters. The lowest BCUT2D eigenvalue weighted by molar-refractivity contribution is -0.140. The van der Waals surface area contributed by atoms with Gasteiger partial charge in [0, 0.05) is 19.2 Å². The van der Waals surface area contributed by atoms with Crippen LogP contribution in [0.3, 0.4) is 0 Å². The van der Waals surface area contributed by atoms with Gasteiger partial charge in [-0.05, 0) is 24.6 Å². The molecule has 1 saturated heterocycles. The fourth-order valence-electron chi connectivity index (χ4n) is 3.33. The monoisotopic (exact) mass is 381 g/mol. The van der Waals surface area contributed by atoms with Gasteiger partial charge >= 0.3 is 0 Å². The van der Waals surface area contributed by atoms with Crippen LogP contribution in [-0.2, 0) is 14.3 Å². The van der Waals surface area contributed by atoms with E-state index in [1.165, 1.54) is 12.0 Å². The summed E-state index contributed by atoms with van der Waals surface area (Å²) in [6.07, 6.45) is 0. The van der Waals surface area contributed by atoms with E-state index < -0.39 is 17.7 Å². The number of amides is 1. The van der Waals surface area contributed by atoms with E-state index in [2.05, 4.69) is 0 Å². The molecule has 0 aromatic heterocycles. The lowest BCUT2D eigenvalue weighted by atomic mass is 9.95. The van der Waals surface area contributed by atoms with Crippen LogP contribution in [0.5, 0.6) is 5.75 Å². The highest BCUT2D eigenvalue weighted by Crippen LogP contribution is 2.40. The van der Waals surface area contributed by atoms with Crippen LogP contribution in [0.1, 0.15) is 22.7 Å². The van der Waals surface area contributed by atoms with E-state index in [0.29, 0.717) is 16.9 Å². The molecule has 1 N–H and O–H groups in total. The SMILES string of the molecule is COCCN1C(=O)C(=O)C(=C(O)c2ccc(C)cc2)[C@@H]1c1cccc(OC)c1. The van der Waals surface area contributed by atoms with Crippen molar-refractivity contribution in [2.24, 2.45) is 0 Å². The van der Waals surface area contributed by atoms with E-state index in [1.807, 2.05) is 19.1 Å². The second-order valence-corrected chi connectivity index (χ2v) is 6.63. The topological polar surface area (TPSA) is 76.1 Å². The molecule has 146 valence electrons. The van der Waals surface area contributed by atoms with Crippen LogP contribution >= 0.6 is 0 Å². The first-order valence-electron chi connectivity index (χ1n) is 8.96. The molecule has 3 rings (SSSR count).